The minimum Gasteiger partial charge on any atom is -0.480 e. The summed E-state index contributed by atoms with van der Waals surface area (Å²) in [5.74, 6) is -0.996. The molecule has 1 amide bonds. The fourth-order valence-corrected chi connectivity index (χ4v) is 5.93. The number of carboxylic acid groups (broad SMARTS) is 1. The van der Waals surface area contributed by atoms with Gasteiger partial charge in [0.25, 0.3) is 10.0 Å². The zero-order valence-electron chi connectivity index (χ0n) is 25.1. The summed E-state index contributed by atoms with van der Waals surface area (Å²) in [5, 5.41) is 13.2. The van der Waals surface area contributed by atoms with Crippen LogP contribution in [0.2, 0.25) is 0 Å². The van der Waals surface area contributed by atoms with Crippen LogP contribution in [0.15, 0.2) is 59.6 Å². The number of amides is 1. The monoisotopic (exact) mass is 628 g/mol. The first-order valence-corrected chi connectivity index (χ1v) is 15.7. The summed E-state index contributed by atoms with van der Waals surface area (Å²) in [6.45, 7) is 5.12. The quantitative estimate of drug-likeness (QED) is 0.266. The van der Waals surface area contributed by atoms with Crippen molar-refractivity contribution >= 4 is 39.5 Å². The Morgan fingerprint density at radius 1 is 1.07 bits per heavy atom. The van der Waals surface area contributed by atoms with E-state index < -0.39 is 33.9 Å². The Labute approximate surface area is 256 Å². The molecular weight excluding hydrogens is 591 g/mol. The number of carboxylic acids is 1. The highest BCUT2D eigenvalue weighted by atomic mass is 32.2. The molecule has 236 valence electrons. The summed E-state index contributed by atoms with van der Waals surface area (Å²) in [6.07, 6.45) is 2.53. The van der Waals surface area contributed by atoms with Gasteiger partial charge in [-0.25, -0.2) is 27.4 Å². The van der Waals surface area contributed by atoms with Gasteiger partial charge in [0.15, 0.2) is 5.82 Å². The van der Waals surface area contributed by atoms with Crippen LogP contribution >= 0.6 is 0 Å². The summed E-state index contributed by atoms with van der Waals surface area (Å²) in [5.41, 5.74) is 0.720. The number of anilines is 3. The molecule has 44 heavy (non-hydrogen) atoms. The third-order valence-corrected chi connectivity index (χ3v) is 8.93. The van der Waals surface area contributed by atoms with Crippen molar-refractivity contribution in [3.8, 4) is 5.75 Å². The second-order valence-corrected chi connectivity index (χ2v) is 12.5. The number of hydrogen-bond donors (Lipinski definition) is 2. The number of hydrogen-bond acceptors (Lipinski definition) is 9. The molecule has 0 aliphatic heterocycles. The summed E-state index contributed by atoms with van der Waals surface area (Å²) >= 11 is 0. The maximum Gasteiger partial charge on any atom is 0.414 e. The molecule has 1 fully saturated rings. The van der Waals surface area contributed by atoms with Crippen molar-refractivity contribution in [1.82, 2.24) is 14.9 Å². The first-order valence-electron chi connectivity index (χ1n) is 14.3. The maximum atomic E-state index is 13.9. The number of nitrogens with zero attached hydrogens (tertiary/aromatic N) is 5. The van der Waals surface area contributed by atoms with Crippen molar-refractivity contribution < 1.29 is 32.2 Å². The lowest BCUT2D eigenvalue weighted by Gasteiger charge is -2.28. The number of rotatable bonds is 14. The Balaban J connectivity index is 1.71. The van der Waals surface area contributed by atoms with Gasteiger partial charge in [-0.1, -0.05) is 12.1 Å². The summed E-state index contributed by atoms with van der Waals surface area (Å²) in [6, 6.07) is 9.77. The van der Waals surface area contributed by atoms with Crippen molar-refractivity contribution in [2.45, 2.75) is 44.0 Å². The normalized spacial score (nSPS) is 13.6. The molecular formula is C30H37FN6O6S. The van der Waals surface area contributed by atoms with Crippen molar-refractivity contribution in [3.63, 3.8) is 0 Å². The summed E-state index contributed by atoms with van der Waals surface area (Å²) < 4.78 is 47.9. The highest BCUT2D eigenvalue weighted by molar-refractivity contribution is 7.92. The fourth-order valence-electron chi connectivity index (χ4n) is 4.39. The number of halogens is 1. The Morgan fingerprint density at radius 2 is 1.70 bits per heavy atom. The van der Waals surface area contributed by atoms with Crippen LogP contribution < -0.4 is 19.3 Å². The molecule has 1 saturated carbocycles. The zero-order chi connectivity index (χ0) is 32.0. The lowest BCUT2D eigenvalue weighted by atomic mass is 10.1. The van der Waals surface area contributed by atoms with E-state index in [0.717, 1.165) is 25.0 Å². The molecule has 1 atom stereocenters. The standard InChI is InChI=1S/C30H37FN6O6S/c1-5-36(6-2)29-32-18-26(37(19-21-7-8-21)44(41,42)24-15-11-22(31)12-16-24)27(34-29)33-25(28(38)39)17-20-9-13-23(14-10-20)43-30(40)35(3)4/h9-16,18,21,25H,5-8,17,19H2,1-4H3,(H,38,39)(H,32,33,34). The predicted molar refractivity (Wildman–Crippen MR) is 164 cm³/mol. The number of carbonyl (C=O) groups excluding carboxylic acids is 1. The third kappa shape index (κ3) is 7.92. The average Bonchev–Trinajstić information content (AvgIpc) is 3.82. The second kappa shape index (κ2) is 13.9. The van der Waals surface area contributed by atoms with Gasteiger partial charge in [-0.05, 0) is 74.6 Å². The summed E-state index contributed by atoms with van der Waals surface area (Å²) in [7, 11) is -1.07. The van der Waals surface area contributed by atoms with Crippen LogP contribution in [0, 0.1) is 11.7 Å². The van der Waals surface area contributed by atoms with Crippen molar-refractivity contribution in [2.24, 2.45) is 5.92 Å². The second-order valence-electron chi connectivity index (χ2n) is 10.7. The molecule has 4 rings (SSSR count). The lowest BCUT2D eigenvalue weighted by Crippen LogP contribution is -2.37. The van der Waals surface area contributed by atoms with Crippen LogP contribution in [-0.4, -0.2) is 80.2 Å². The molecule has 0 bridgehead atoms. The van der Waals surface area contributed by atoms with E-state index >= 15 is 0 Å². The smallest absolute Gasteiger partial charge is 0.414 e. The minimum absolute atomic E-state index is 0.00856. The van der Waals surface area contributed by atoms with E-state index in [0.29, 0.717) is 30.4 Å². The molecule has 1 aliphatic carbocycles. The average molecular weight is 629 g/mol. The van der Waals surface area contributed by atoms with Gasteiger partial charge in [-0.3, -0.25) is 4.31 Å². The van der Waals surface area contributed by atoms with Gasteiger partial charge >= 0.3 is 12.1 Å². The molecule has 1 aliphatic rings. The maximum absolute atomic E-state index is 13.9. The number of carbonyl (C=O) groups is 2. The molecule has 0 saturated heterocycles. The first kappa shape index (κ1) is 32.5. The van der Waals surface area contributed by atoms with Gasteiger partial charge in [-0.2, -0.15) is 4.98 Å². The Morgan fingerprint density at radius 3 is 2.25 bits per heavy atom. The number of benzene rings is 2. The van der Waals surface area contributed by atoms with Gasteiger partial charge in [0.05, 0.1) is 11.1 Å². The molecule has 1 unspecified atom stereocenters. The summed E-state index contributed by atoms with van der Waals surface area (Å²) in [4.78, 5) is 36.5. The highest BCUT2D eigenvalue weighted by Gasteiger charge is 2.35. The number of sulfonamides is 1. The molecule has 2 aromatic carbocycles. The van der Waals surface area contributed by atoms with Gasteiger partial charge < -0.3 is 25.0 Å². The fraction of sp³-hybridized carbons (Fsp3) is 0.400. The number of ether oxygens (including phenoxy) is 1. The van der Waals surface area contributed by atoms with E-state index in [2.05, 4.69) is 15.3 Å². The highest BCUT2D eigenvalue weighted by Crippen LogP contribution is 2.37. The van der Waals surface area contributed by atoms with E-state index in [9.17, 15) is 27.5 Å². The van der Waals surface area contributed by atoms with Crippen molar-refractivity contribution in [3.05, 3.63) is 66.1 Å². The Bertz CT molecular complexity index is 1560. The Kier molecular flexibility index (Phi) is 10.2. The number of aliphatic carboxylic acids is 1. The SMILES string of the molecule is CCN(CC)c1ncc(N(CC2CC2)S(=O)(=O)c2ccc(F)cc2)c(NC(Cc2ccc(OC(=O)N(C)C)cc2)C(=O)O)n1. The largest absolute Gasteiger partial charge is 0.480 e. The van der Waals surface area contributed by atoms with Crippen LogP contribution in [-0.2, 0) is 21.2 Å². The molecule has 0 spiro atoms. The molecule has 3 aromatic rings. The van der Waals surface area contributed by atoms with Crippen molar-refractivity contribution in [2.75, 3.05) is 48.3 Å². The Hall–Kier alpha value is -4.46. The first-order chi connectivity index (χ1) is 20.9. The predicted octanol–water partition coefficient (Wildman–Crippen LogP) is 4.24. The lowest BCUT2D eigenvalue weighted by molar-refractivity contribution is -0.137. The molecule has 14 heteroatoms. The van der Waals surface area contributed by atoms with E-state index in [1.807, 2.05) is 18.7 Å². The third-order valence-electron chi connectivity index (χ3n) is 7.14. The molecule has 0 radical (unpaired) electrons. The van der Waals surface area contributed by atoms with E-state index in [-0.39, 0.29) is 35.3 Å². The topological polar surface area (TPSA) is 145 Å². The molecule has 1 heterocycles. The molecule has 12 nitrogen and oxygen atoms in total. The van der Waals surface area contributed by atoms with Gasteiger partial charge in [0.2, 0.25) is 5.95 Å². The van der Waals surface area contributed by atoms with Crippen LogP contribution in [0.25, 0.3) is 0 Å². The van der Waals surface area contributed by atoms with Crippen LogP contribution in [0.3, 0.4) is 0 Å². The minimum atomic E-state index is -4.19. The molecule has 1 aromatic heterocycles. The van der Waals surface area contributed by atoms with Gasteiger partial charge in [0.1, 0.15) is 23.3 Å². The zero-order valence-corrected chi connectivity index (χ0v) is 25.9. The molecule has 2 N–H and O–H groups in total. The van der Waals surface area contributed by atoms with E-state index in [4.69, 9.17) is 4.74 Å². The van der Waals surface area contributed by atoms with Gasteiger partial charge in [-0.15, -0.1) is 0 Å². The number of nitrogens with one attached hydrogen (secondary N) is 1. The van der Waals surface area contributed by atoms with Crippen molar-refractivity contribution in [1.29, 1.82) is 0 Å². The van der Waals surface area contributed by atoms with Crippen LogP contribution in [0.5, 0.6) is 5.75 Å². The number of aromatic nitrogens is 2. The van der Waals surface area contributed by atoms with Crippen LogP contribution in [0.1, 0.15) is 32.3 Å². The van der Waals surface area contributed by atoms with E-state index in [1.165, 1.54) is 27.5 Å². The van der Waals surface area contributed by atoms with Crippen LogP contribution in [0.4, 0.5) is 26.6 Å². The van der Waals surface area contributed by atoms with Gasteiger partial charge in [0, 0.05) is 40.2 Å². The van der Waals surface area contributed by atoms with E-state index in [1.54, 1.807) is 38.4 Å².